The molecule has 0 bridgehead atoms. The maximum atomic E-state index is 13.0. The minimum atomic E-state index is -1.57. The molecule has 7 atom stereocenters. The van der Waals surface area contributed by atoms with Gasteiger partial charge in [-0.15, -0.1) is 0 Å². The third-order valence-corrected chi connectivity index (χ3v) is 14.5. The van der Waals surface area contributed by atoms with Gasteiger partial charge in [-0.1, -0.05) is 224 Å². The van der Waals surface area contributed by atoms with Gasteiger partial charge in [0.25, 0.3) is 0 Å². The van der Waals surface area contributed by atoms with Crippen molar-refractivity contribution < 1.29 is 49.3 Å². The third-order valence-electron chi connectivity index (χ3n) is 14.5. The molecule has 0 aromatic rings. The van der Waals surface area contributed by atoms with Crippen molar-refractivity contribution in [3.63, 3.8) is 0 Å². The number of esters is 1. The molecule has 1 heterocycles. The number of hydrogen-bond donors (Lipinski definition) is 6. The zero-order valence-electron chi connectivity index (χ0n) is 47.1. The molecular weight excluding hydrogens is 919 g/mol. The SMILES string of the molecule is CCCCCCCCC/C=C\CCCCCCCC(=O)OCCCCCCCCCCC/C=C\CCCCCCCCCC(=O)NC(COC1OC(CO)C(O)C(O)C1O)C(O)/C=C/CCCCCCCCC. The first-order chi connectivity index (χ1) is 35.7. The summed E-state index contributed by atoms with van der Waals surface area (Å²) >= 11 is 0. The van der Waals surface area contributed by atoms with Crippen LogP contribution in [0, 0.1) is 0 Å². The lowest BCUT2D eigenvalue weighted by molar-refractivity contribution is -0.302. The highest BCUT2D eigenvalue weighted by Gasteiger charge is 2.44. The first-order valence-electron chi connectivity index (χ1n) is 30.8. The van der Waals surface area contributed by atoms with Crippen LogP contribution in [0.25, 0.3) is 0 Å². The van der Waals surface area contributed by atoms with Gasteiger partial charge in [-0.25, -0.2) is 0 Å². The molecule has 0 radical (unpaired) electrons. The Balaban J connectivity index is 2.01. The van der Waals surface area contributed by atoms with Crippen molar-refractivity contribution in [3.8, 4) is 0 Å². The molecule has 1 rings (SSSR count). The number of ether oxygens (including phenoxy) is 3. The molecule has 1 amide bonds. The van der Waals surface area contributed by atoms with E-state index in [-0.39, 0.29) is 18.5 Å². The lowest BCUT2D eigenvalue weighted by atomic mass is 9.99. The summed E-state index contributed by atoms with van der Waals surface area (Å²) in [6.07, 6.45) is 54.0. The van der Waals surface area contributed by atoms with E-state index in [1.54, 1.807) is 6.08 Å². The van der Waals surface area contributed by atoms with Crippen molar-refractivity contribution in [2.45, 2.75) is 326 Å². The quantitative estimate of drug-likeness (QED) is 0.0195. The number of hydrogen-bond acceptors (Lipinski definition) is 10. The standard InChI is InChI=1S/C62H115NO10/c1-3-5-7-9-11-13-14-15-16-24-27-30-34-38-42-46-50-58(67)71-51-47-43-39-35-31-28-25-22-20-18-17-19-21-23-26-29-33-37-41-45-49-57(66)63-54(55(65)48-44-40-36-32-12-10-8-6-4-2)53-72-62-61(70)60(69)59(68)56(52-64)73-62/h16-17,19,24,44,48,54-56,59-62,64-65,68-70H,3-15,18,20-23,25-43,45-47,49-53H2,1-2H3,(H,63,66)/b19-17-,24-16-,48-44+. The first kappa shape index (κ1) is 68.9. The smallest absolute Gasteiger partial charge is 0.305 e. The van der Waals surface area contributed by atoms with E-state index in [2.05, 4.69) is 43.5 Å². The van der Waals surface area contributed by atoms with Crippen LogP contribution in [0.15, 0.2) is 36.5 Å². The minimum Gasteiger partial charge on any atom is -0.466 e. The molecule has 428 valence electrons. The van der Waals surface area contributed by atoms with E-state index in [0.717, 1.165) is 77.0 Å². The van der Waals surface area contributed by atoms with Gasteiger partial charge < -0.3 is 45.1 Å². The van der Waals surface area contributed by atoms with Gasteiger partial charge in [0.15, 0.2) is 6.29 Å². The predicted octanol–water partition coefficient (Wildman–Crippen LogP) is 14.3. The zero-order valence-corrected chi connectivity index (χ0v) is 47.1. The maximum Gasteiger partial charge on any atom is 0.305 e. The fourth-order valence-corrected chi connectivity index (χ4v) is 9.54. The molecule has 73 heavy (non-hydrogen) atoms. The van der Waals surface area contributed by atoms with Crippen LogP contribution >= 0.6 is 0 Å². The predicted molar refractivity (Wildman–Crippen MR) is 301 cm³/mol. The average molecular weight is 1030 g/mol. The van der Waals surface area contributed by atoms with Crippen molar-refractivity contribution >= 4 is 11.9 Å². The lowest BCUT2D eigenvalue weighted by Gasteiger charge is -2.40. The summed E-state index contributed by atoms with van der Waals surface area (Å²) in [4.78, 5) is 25.1. The number of rotatable bonds is 53. The summed E-state index contributed by atoms with van der Waals surface area (Å²) in [6, 6.07) is -0.815. The fourth-order valence-electron chi connectivity index (χ4n) is 9.54. The molecule has 1 saturated heterocycles. The Labute approximate surface area is 447 Å². The first-order valence-corrected chi connectivity index (χ1v) is 30.8. The van der Waals surface area contributed by atoms with Gasteiger partial charge in [-0.05, 0) is 83.5 Å². The number of unbranched alkanes of at least 4 members (excludes halogenated alkanes) is 35. The summed E-state index contributed by atoms with van der Waals surface area (Å²) in [5.74, 6) is -0.208. The van der Waals surface area contributed by atoms with Gasteiger partial charge in [0.05, 0.1) is 32.0 Å². The molecule has 11 heteroatoms. The highest BCUT2D eigenvalue weighted by Crippen LogP contribution is 2.23. The normalized spacial score (nSPS) is 19.1. The van der Waals surface area contributed by atoms with E-state index in [4.69, 9.17) is 14.2 Å². The summed E-state index contributed by atoms with van der Waals surface area (Å²) < 4.78 is 16.7. The minimum absolute atomic E-state index is 0.0154. The summed E-state index contributed by atoms with van der Waals surface area (Å²) in [5.41, 5.74) is 0. The zero-order chi connectivity index (χ0) is 53.1. The summed E-state index contributed by atoms with van der Waals surface area (Å²) in [6.45, 7) is 4.30. The molecule has 11 nitrogen and oxygen atoms in total. The molecule has 0 saturated carbocycles. The molecule has 1 aliphatic rings. The lowest BCUT2D eigenvalue weighted by Crippen LogP contribution is -2.60. The summed E-state index contributed by atoms with van der Waals surface area (Å²) in [7, 11) is 0. The summed E-state index contributed by atoms with van der Waals surface area (Å²) in [5, 5.41) is 54.2. The Morgan fingerprint density at radius 1 is 0.493 bits per heavy atom. The number of carbonyl (C=O) groups is 2. The van der Waals surface area contributed by atoms with Crippen molar-refractivity contribution in [3.05, 3.63) is 36.5 Å². The second-order valence-electron chi connectivity index (χ2n) is 21.4. The van der Waals surface area contributed by atoms with E-state index in [1.165, 1.54) is 180 Å². The number of carbonyl (C=O) groups excluding carboxylic acids is 2. The number of aliphatic hydroxyl groups is 5. The molecule has 7 unspecified atom stereocenters. The van der Waals surface area contributed by atoms with E-state index in [9.17, 15) is 35.1 Å². The van der Waals surface area contributed by atoms with Crippen LogP contribution in [-0.2, 0) is 23.8 Å². The van der Waals surface area contributed by atoms with E-state index < -0.39 is 49.5 Å². The van der Waals surface area contributed by atoms with Crippen LogP contribution in [0.2, 0.25) is 0 Å². The maximum absolute atomic E-state index is 13.0. The highest BCUT2D eigenvalue weighted by atomic mass is 16.7. The van der Waals surface area contributed by atoms with Crippen LogP contribution in [0.5, 0.6) is 0 Å². The second-order valence-corrected chi connectivity index (χ2v) is 21.4. The van der Waals surface area contributed by atoms with Crippen LogP contribution < -0.4 is 5.32 Å². The number of aliphatic hydroxyl groups excluding tert-OH is 5. The van der Waals surface area contributed by atoms with Gasteiger partial charge in [-0.2, -0.15) is 0 Å². The third kappa shape index (κ3) is 41.7. The van der Waals surface area contributed by atoms with E-state index in [0.29, 0.717) is 19.4 Å². The number of amides is 1. The Bertz CT molecular complexity index is 1310. The molecule has 0 aromatic heterocycles. The molecule has 6 N–H and O–H groups in total. The topological polar surface area (TPSA) is 175 Å². The van der Waals surface area contributed by atoms with Crippen molar-refractivity contribution in [2.24, 2.45) is 0 Å². The molecule has 0 spiro atoms. The van der Waals surface area contributed by atoms with Gasteiger partial charge >= 0.3 is 5.97 Å². The van der Waals surface area contributed by atoms with Crippen molar-refractivity contribution in [1.29, 1.82) is 0 Å². The number of nitrogens with one attached hydrogen (secondary N) is 1. The van der Waals surface area contributed by atoms with Crippen LogP contribution in [0.3, 0.4) is 0 Å². The van der Waals surface area contributed by atoms with Crippen LogP contribution in [-0.4, -0.2) is 100 Å². The average Bonchev–Trinajstić information content (AvgIpc) is 3.39. The Hall–Kier alpha value is -2.12. The molecular formula is C62H115NO10. The Kier molecular flexibility index (Phi) is 49.0. The molecule has 1 aliphatic heterocycles. The molecule has 0 aliphatic carbocycles. The highest BCUT2D eigenvalue weighted by molar-refractivity contribution is 5.76. The Morgan fingerprint density at radius 2 is 0.877 bits per heavy atom. The second kappa shape index (κ2) is 52.0. The van der Waals surface area contributed by atoms with Crippen LogP contribution in [0.1, 0.15) is 284 Å². The monoisotopic (exact) mass is 1030 g/mol. The Morgan fingerprint density at radius 3 is 1.32 bits per heavy atom. The van der Waals surface area contributed by atoms with E-state index in [1.807, 2.05) is 6.08 Å². The van der Waals surface area contributed by atoms with Gasteiger partial charge in [0, 0.05) is 12.8 Å². The van der Waals surface area contributed by atoms with Crippen LogP contribution in [0.4, 0.5) is 0 Å². The number of allylic oxidation sites excluding steroid dienone is 5. The van der Waals surface area contributed by atoms with Gasteiger partial charge in [0.2, 0.25) is 5.91 Å². The van der Waals surface area contributed by atoms with Gasteiger partial charge in [0.1, 0.15) is 24.4 Å². The van der Waals surface area contributed by atoms with Crippen molar-refractivity contribution in [1.82, 2.24) is 5.32 Å². The van der Waals surface area contributed by atoms with E-state index >= 15 is 0 Å². The van der Waals surface area contributed by atoms with Gasteiger partial charge in [-0.3, -0.25) is 9.59 Å². The molecule has 1 fully saturated rings. The fraction of sp³-hybridized carbons (Fsp3) is 0.871. The van der Waals surface area contributed by atoms with Crippen molar-refractivity contribution in [2.75, 3.05) is 19.8 Å². The molecule has 0 aromatic carbocycles. The largest absolute Gasteiger partial charge is 0.466 e.